The van der Waals surface area contributed by atoms with E-state index < -0.39 is 0 Å². The second-order valence-corrected chi connectivity index (χ2v) is 5.82. The number of aliphatic hydroxyl groups excluding tert-OH is 1. The Hall–Kier alpha value is -1.95. The number of hydrogen-bond donors (Lipinski definition) is 3. The monoisotopic (exact) mass is 306 g/mol. The van der Waals surface area contributed by atoms with Crippen molar-refractivity contribution in [1.82, 2.24) is 5.32 Å². The fourth-order valence-corrected chi connectivity index (χ4v) is 2.81. The Morgan fingerprint density at radius 2 is 1.82 bits per heavy atom. The molecular formula is C16H22N2O4. The number of amides is 2. The summed E-state index contributed by atoms with van der Waals surface area (Å²) in [5.41, 5.74) is 0.678. The van der Waals surface area contributed by atoms with Crippen molar-refractivity contribution in [3.05, 3.63) is 18.2 Å². The van der Waals surface area contributed by atoms with Crippen molar-refractivity contribution < 1.29 is 19.4 Å². The molecule has 2 aliphatic rings. The van der Waals surface area contributed by atoms with E-state index in [0.717, 1.165) is 32.1 Å². The number of hydrogen-bond acceptors (Lipinski definition) is 4. The van der Waals surface area contributed by atoms with E-state index in [9.17, 15) is 9.90 Å². The highest BCUT2D eigenvalue weighted by Gasteiger charge is 2.21. The van der Waals surface area contributed by atoms with E-state index in [4.69, 9.17) is 9.47 Å². The minimum Gasteiger partial charge on any atom is -0.490 e. The molecule has 0 aromatic heterocycles. The molecule has 6 heteroatoms. The van der Waals surface area contributed by atoms with Crippen molar-refractivity contribution in [3.63, 3.8) is 0 Å². The van der Waals surface area contributed by atoms with Crippen molar-refractivity contribution in [2.45, 2.75) is 44.2 Å². The van der Waals surface area contributed by atoms with Gasteiger partial charge in [0.1, 0.15) is 0 Å². The lowest BCUT2D eigenvalue weighted by Crippen LogP contribution is -2.40. The Kier molecular flexibility index (Phi) is 4.68. The van der Waals surface area contributed by atoms with Crippen LogP contribution in [0.15, 0.2) is 18.2 Å². The molecule has 1 aromatic carbocycles. The van der Waals surface area contributed by atoms with Crippen LogP contribution in [-0.4, -0.2) is 36.5 Å². The van der Waals surface area contributed by atoms with E-state index in [1.165, 1.54) is 0 Å². The zero-order valence-electron chi connectivity index (χ0n) is 12.5. The maximum atomic E-state index is 12.0. The molecule has 0 radical (unpaired) electrons. The first-order valence-corrected chi connectivity index (χ1v) is 7.86. The molecule has 22 heavy (non-hydrogen) atoms. The molecule has 0 bridgehead atoms. The van der Waals surface area contributed by atoms with Gasteiger partial charge in [-0.1, -0.05) is 0 Å². The van der Waals surface area contributed by atoms with E-state index in [-0.39, 0.29) is 18.2 Å². The number of nitrogens with one attached hydrogen (secondary N) is 2. The summed E-state index contributed by atoms with van der Waals surface area (Å²) in [7, 11) is 0. The lowest BCUT2D eigenvalue weighted by atomic mass is 9.93. The van der Waals surface area contributed by atoms with Crippen molar-refractivity contribution in [2.24, 2.45) is 0 Å². The Balaban J connectivity index is 1.56. The molecule has 0 unspecified atom stereocenters. The highest BCUT2D eigenvalue weighted by Crippen LogP contribution is 2.32. The van der Waals surface area contributed by atoms with Gasteiger partial charge in [0.05, 0.1) is 19.3 Å². The summed E-state index contributed by atoms with van der Waals surface area (Å²) in [5.74, 6) is 1.38. The minimum atomic E-state index is -0.226. The Morgan fingerprint density at radius 1 is 1.09 bits per heavy atom. The predicted octanol–water partition coefficient (Wildman–Crippen LogP) is 2.27. The van der Waals surface area contributed by atoms with E-state index in [0.29, 0.717) is 30.4 Å². The zero-order valence-corrected chi connectivity index (χ0v) is 12.5. The second-order valence-electron chi connectivity index (χ2n) is 5.82. The van der Waals surface area contributed by atoms with Gasteiger partial charge in [-0.3, -0.25) is 0 Å². The molecule has 0 atom stereocenters. The van der Waals surface area contributed by atoms with Crippen molar-refractivity contribution in [2.75, 3.05) is 18.5 Å². The molecule has 1 aliphatic heterocycles. The first-order chi connectivity index (χ1) is 10.7. The summed E-state index contributed by atoms with van der Waals surface area (Å²) in [5, 5.41) is 15.2. The number of ether oxygens (including phenoxy) is 2. The number of anilines is 1. The maximum absolute atomic E-state index is 12.0. The Labute approximate surface area is 129 Å². The summed E-state index contributed by atoms with van der Waals surface area (Å²) in [6, 6.07) is 5.30. The normalized spacial score (nSPS) is 24.2. The third-order valence-corrected chi connectivity index (χ3v) is 4.04. The first-order valence-electron chi connectivity index (χ1n) is 7.86. The van der Waals surface area contributed by atoms with Crippen LogP contribution in [-0.2, 0) is 0 Å². The Morgan fingerprint density at radius 3 is 2.59 bits per heavy atom. The summed E-state index contributed by atoms with van der Waals surface area (Å²) in [6.45, 7) is 1.26. The number of benzene rings is 1. The van der Waals surface area contributed by atoms with Gasteiger partial charge in [0.15, 0.2) is 11.5 Å². The zero-order chi connectivity index (χ0) is 15.4. The minimum absolute atomic E-state index is 0.129. The molecule has 1 heterocycles. The summed E-state index contributed by atoms with van der Waals surface area (Å²) in [6.07, 6.45) is 3.75. The largest absolute Gasteiger partial charge is 0.490 e. The molecule has 0 saturated heterocycles. The Bertz CT molecular complexity index is 527. The van der Waals surface area contributed by atoms with Gasteiger partial charge in [0, 0.05) is 24.2 Å². The van der Waals surface area contributed by atoms with Gasteiger partial charge in [-0.2, -0.15) is 0 Å². The SMILES string of the molecule is O=C(Nc1ccc2c(c1)OCCCO2)NC1CCC(O)CC1. The number of rotatable bonds is 2. The van der Waals surface area contributed by atoms with Gasteiger partial charge in [-0.15, -0.1) is 0 Å². The fourth-order valence-electron chi connectivity index (χ4n) is 2.81. The topological polar surface area (TPSA) is 79.8 Å². The highest BCUT2D eigenvalue weighted by atomic mass is 16.5. The van der Waals surface area contributed by atoms with Crippen LogP contribution in [0.5, 0.6) is 11.5 Å². The van der Waals surface area contributed by atoms with Crippen molar-refractivity contribution in [1.29, 1.82) is 0 Å². The highest BCUT2D eigenvalue weighted by molar-refractivity contribution is 5.89. The van der Waals surface area contributed by atoms with Crippen LogP contribution in [0.3, 0.4) is 0 Å². The summed E-state index contributed by atoms with van der Waals surface area (Å²) >= 11 is 0. The van der Waals surface area contributed by atoms with Gasteiger partial charge in [-0.05, 0) is 37.8 Å². The van der Waals surface area contributed by atoms with Crippen LogP contribution in [0.2, 0.25) is 0 Å². The average molecular weight is 306 g/mol. The summed E-state index contributed by atoms with van der Waals surface area (Å²) < 4.78 is 11.2. The third-order valence-electron chi connectivity index (χ3n) is 4.04. The molecule has 2 amide bonds. The van der Waals surface area contributed by atoms with Gasteiger partial charge in [0.2, 0.25) is 0 Å². The maximum Gasteiger partial charge on any atom is 0.319 e. The fraction of sp³-hybridized carbons (Fsp3) is 0.562. The van der Waals surface area contributed by atoms with Crippen LogP contribution >= 0.6 is 0 Å². The third kappa shape index (κ3) is 3.82. The van der Waals surface area contributed by atoms with E-state index in [1.807, 2.05) is 6.07 Å². The quantitative estimate of drug-likeness (QED) is 0.783. The number of aliphatic hydroxyl groups is 1. The molecule has 0 spiro atoms. The van der Waals surface area contributed by atoms with Crippen LogP contribution in [0, 0.1) is 0 Å². The molecule has 1 aromatic rings. The van der Waals surface area contributed by atoms with E-state index in [2.05, 4.69) is 10.6 Å². The van der Waals surface area contributed by atoms with Gasteiger partial charge < -0.3 is 25.2 Å². The smallest absolute Gasteiger partial charge is 0.319 e. The van der Waals surface area contributed by atoms with Crippen LogP contribution in [0.1, 0.15) is 32.1 Å². The van der Waals surface area contributed by atoms with E-state index in [1.54, 1.807) is 12.1 Å². The molecule has 3 rings (SSSR count). The lowest BCUT2D eigenvalue weighted by Gasteiger charge is -2.26. The van der Waals surface area contributed by atoms with Crippen LogP contribution < -0.4 is 20.1 Å². The van der Waals surface area contributed by atoms with Gasteiger partial charge in [0.25, 0.3) is 0 Å². The number of carbonyl (C=O) groups is 1. The molecule has 1 fully saturated rings. The average Bonchev–Trinajstić information content (AvgIpc) is 2.74. The standard InChI is InChI=1S/C16H22N2O4/c19-13-5-2-11(3-6-13)17-16(20)18-12-4-7-14-15(10-12)22-9-1-8-21-14/h4,7,10-11,13,19H,1-3,5-6,8-9H2,(H2,17,18,20). The molecule has 1 saturated carbocycles. The molecule has 120 valence electrons. The molecule has 1 aliphatic carbocycles. The van der Waals surface area contributed by atoms with Crippen LogP contribution in [0.4, 0.5) is 10.5 Å². The lowest BCUT2D eigenvalue weighted by molar-refractivity contribution is 0.118. The van der Waals surface area contributed by atoms with Crippen molar-refractivity contribution in [3.8, 4) is 11.5 Å². The van der Waals surface area contributed by atoms with Crippen molar-refractivity contribution >= 4 is 11.7 Å². The van der Waals surface area contributed by atoms with Gasteiger partial charge >= 0.3 is 6.03 Å². The predicted molar refractivity (Wildman–Crippen MR) is 82.5 cm³/mol. The molecule has 3 N–H and O–H groups in total. The summed E-state index contributed by atoms with van der Waals surface area (Å²) in [4.78, 5) is 12.0. The van der Waals surface area contributed by atoms with E-state index >= 15 is 0 Å². The first kappa shape index (κ1) is 15.0. The molecule has 6 nitrogen and oxygen atoms in total. The van der Waals surface area contributed by atoms with Gasteiger partial charge in [-0.25, -0.2) is 4.79 Å². The molecular weight excluding hydrogens is 284 g/mol. The number of fused-ring (bicyclic) bond motifs is 1. The number of carbonyl (C=O) groups excluding carboxylic acids is 1. The number of urea groups is 1. The second kappa shape index (κ2) is 6.87. The van der Waals surface area contributed by atoms with Crippen LogP contribution in [0.25, 0.3) is 0 Å².